The van der Waals surface area contributed by atoms with Crippen molar-refractivity contribution in [2.24, 2.45) is 50.2 Å². The average molecular weight is 1230 g/mol. The fourth-order valence-corrected chi connectivity index (χ4v) is 17.0. The lowest BCUT2D eigenvalue weighted by molar-refractivity contribution is -0.307. The summed E-state index contributed by atoms with van der Waals surface area (Å²) in [4.78, 5) is 108. The molecule has 3 aromatic rings. The zero-order valence-corrected chi connectivity index (χ0v) is 53.0. The normalized spacial score (nSPS) is 35.8. The van der Waals surface area contributed by atoms with Gasteiger partial charge in [0, 0.05) is 27.7 Å². The number of benzene rings is 3. The number of carbonyl (C=O) groups excluding carboxylic acids is 8. The topological polar surface area (TPSA) is 238 Å². The number of fused-ring (bicyclic) bond motifs is 7. The van der Waals surface area contributed by atoms with Crippen molar-refractivity contribution >= 4 is 47.8 Å². The van der Waals surface area contributed by atoms with Gasteiger partial charge in [0.25, 0.3) is 0 Å². The number of allylic oxidation sites excluding steroid dienone is 2. The Morgan fingerprint density at radius 3 is 1.62 bits per heavy atom. The highest BCUT2D eigenvalue weighted by molar-refractivity contribution is 5.91. The Balaban J connectivity index is 0.931. The van der Waals surface area contributed by atoms with E-state index < -0.39 is 127 Å². The predicted octanol–water partition coefficient (Wildman–Crippen LogP) is 10.8. The Bertz CT molecular complexity index is 3180. The summed E-state index contributed by atoms with van der Waals surface area (Å²) in [6.45, 7) is 20.2. The van der Waals surface area contributed by atoms with E-state index in [4.69, 9.17) is 52.1 Å². The molecule has 2 aliphatic heterocycles. The first-order valence-corrected chi connectivity index (χ1v) is 31.4. The van der Waals surface area contributed by atoms with Crippen molar-refractivity contribution < 1.29 is 90.5 Å². The monoisotopic (exact) mass is 1230 g/mol. The van der Waals surface area contributed by atoms with E-state index in [1.54, 1.807) is 91.0 Å². The van der Waals surface area contributed by atoms with Crippen LogP contribution in [0.5, 0.6) is 0 Å². The molecule has 0 radical (unpaired) electrons. The van der Waals surface area contributed by atoms with Crippen LogP contribution >= 0.6 is 0 Å². The Morgan fingerprint density at radius 2 is 1.04 bits per heavy atom. The van der Waals surface area contributed by atoms with Crippen molar-refractivity contribution in [3.63, 3.8) is 0 Å². The Kier molecular flexibility index (Phi) is 18.5. The third kappa shape index (κ3) is 12.7. The molecule has 6 fully saturated rings. The molecule has 19 nitrogen and oxygen atoms in total. The fraction of sp³-hybridized carbons (Fsp3) is 0.600. The summed E-state index contributed by atoms with van der Waals surface area (Å²) < 4.78 is 67.7. The minimum atomic E-state index is -1.65. The fourth-order valence-electron chi connectivity index (χ4n) is 17.0. The molecule has 17 atom stereocenters. The summed E-state index contributed by atoms with van der Waals surface area (Å²) in [5.41, 5.74) is -0.438. The molecular weight excluding hydrogens is 1140 g/mol. The van der Waals surface area contributed by atoms with E-state index >= 15 is 4.79 Å². The number of rotatable bonds is 15. The first-order valence-electron chi connectivity index (χ1n) is 31.4. The van der Waals surface area contributed by atoms with Gasteiger partial charge in [-0.15, -0.1) is 0 Å². The molecule has 3 aromatic carbocycles. The quantitative estimate of drug-likeness (QED) is 0.0595. The highest BCUT2D eigenvalue weighted by Crippen LogP contribution is 2.76. The maximum Gasteiger partial charge on any atom is 0.338 e. The minimum Gasteiger partial charge on any atom is -0.463 e. The zero-order valence-electron chi connectivity index (χ0n) is 53.0. The number of esters is 8. The number of hydrogen-bond acceptors (Lipinski definition) is 19. The van der Waals surface area contributed by atoms with Gasteiger partial charge in [-0.05, 0) is 145 Å². The second-order valence-corrected chi connectivity index (χ2v) is 27.8. The van der Waals surface area contributed by atoms with Crippen LogP contribution in [0.3, 0.4) is 0 Å². The SMILES string of the molecule is CC(=O)OC[C@H]1O[C@@H](OC(=O)[C@]23CCC(C)(C)C[C@H]2C2=CC[C@@H]4[C@@]5(C)CC[C@H](O[C@@H]6OC[C@@H](OC(=O)c7ccccc7)[C@H](OC(=O)c7ccccc7)[C@H]6OC(=O)c6ccccc6)C(C)(C)[C@@H]5CC[C@@]4(C)[C@]2(C)CC3)[C@H](OC(C)=O)[C@@H](OC(C)=O)[C@@H]1OC(C)=O. The number of carbonyl (C=O) groups is 8. The summed E-state index contributed by atoms with van der Waals surface area (Å²) in [5, 5.41) is 0. The van der Waals surface area contributed by atoms with Crippen molar-refractivity contribution in [1.82, 2.24) is 0 Å². The Morgan fingerprint density at radius 1 is 0.517 bits per heavy atom. The van der Waals surface area contributed by atoms with Crippen LogP contribution in [0, 0.1) is 50.2 Å². The van der Waals surface area contributed by atoms with Gasteiger partial charge in [-0.25, -0.2) is 14.4 Å². The summed E-state index contributed by atoms with van der Waals surface area (Å²) in [7, 11) is 0. The van der Waals surface area contributed by atoms with Gasteiger partial charge in [0.2, 0.25) is 12.4 Å². The van der Waals surface area contributed by atoms with Crippen LogP contribution in [-0.4, -0.2) is 122 Å². The number of hydrogen-bond donors (Lipinski definition) is 0. The van der Waals surface area contributed by atoms with Gasteiger partial charge in [0.05, 0.1) is 34.8 Å². The smallest absolute Gasteiger partial charge is 0.338 e. The van der Waals surface area contributed by atoms with Crippen LogP contribution in [0.2, 0.25) is 0 Å². The second-order valence-electron chi connectivity index (χ2n) is 27.8. The van der Waals surface area contributed by atoms with Gasteiger partial charge < -0.3 is 52.1 Å². The van der Waals surface area contributed by atoms with Gasteiger partial charge in [0.1, 0.15) is 12.7 Å². The van der Waals surface area contributed by atoms with E-state index in [1.165, 1.54) is 12.5 Å². The summed E-state index contributed by atoms with van der Waals surface area (Å²) in [5.74, 6) is -5.58. The molecule has 2 saturated heterocycles. The molecule has 19 heteroatoms. The first-order chi connectivity index (χ1) is 42.1. The van der Waals surface area contributed by atoms with E-state index in [0.29, 0.717) is 32.1 Å². The van der Waals surface area contributed by atoms with E-state index in [1.807, 2.05) is 0 Å². The molecule has 7 aliphatic rings. The van der Waals surface area contributed by atoms with Crippen LogP contribution in [0.15, 0.2) is 103 Å². The Labute approximate surface area is 520 Å². The third-order valence-electron chi connectivity index (χ3n) is 21.6. The molecule has 0 unspecified atom stereocenters. The van der Waals surface area contributed by atoms with Gasteiger partial charge >= 0.3 is 47.8 Å². The first kappa shape index (κ1) is 65.0. The molecule has 480 valence electrons. The standard InChI is InChI=1S/C70H86O19/c1-40(71)79-38-50-54(81-41(2)72)56(82-42(3)73)58(83-43(4)74)63(85-50)89-64(78)70-35-33-65(5,6)37-48(70)47-27-28-52-67(9)31-30-53(66(7,8)51(67)29-32-69(52,11)68(47,10)34-36-70)86-62-57(88-61(77)46-25-19-14-20-26-46)55(87-60(76)45-23-17-13-18-24-45)49(39-80-62)84-59(75)44-21-15-12-16-22-44/h12-27,48-58,62-63H,28-39H2,1-11H3/t48-,49+,50+,51-,52+,53-,54+,55-,56-,57+,58+,62-,63-,67-,68+,69+,70-/m0/s1. The highest BCUT2D eigenvalue weighted by Gasteiger charge is 2.70. The molecule has 10 rings (SSSR count). The van der Waals surface area contributed by atoms with Gasteiger partial charge in [0.15, 0.2) is 36.8 Å². The maximum atomic E-state index is 15.6. The molecule has 0 amide bonds. The largest absolute Gasteiger partial charge is 0.463 e. The molecule has 0 spiro atoms. The van der Waals surface area contributed by atoms with Gasteiger partial charge in [-0.2, -0.15) is 0 Å². The summed E-state index contributed by atoms with van der Waals surface area (Å²) in [6.07, 6.45) is -3.60. The highest BCUT2D eigenvalue weighted by atomic mass is 16.8. The molecule has 5 aliphatic carbocycles. The lowest BCUT2D eigenvalue weighted by Gasteiger charge is -2.71. The lowest BCUT2D eigenvalue weighted by atomic mass is 9.33. The van der Waals surface area contributed by atoms with Crippen molar-refractivity contribution in [3.8, 4) is 0 Å². The zero-order chi connectivity index (χ0) is 64.0. The summed E-state index contributed by atoms with van der Waals surface area (Å²) >= 11 is 0. The van der Waals surface area contributed by atoms with Crippen LogP contribution in [0.1, 0.15) is 171 Å². The van der Waals surface area contributed by atoms with E-state index in [9.17, 15) is 33.6 Å². The maximum absolute atomic E-state index is 15.6. The molecular formula is C70H86O19. The predicted molar refractivity (Wildman–Crippen MR) is 319 cm³/mol. The van der Waals surface area contributed by atoms with Crippen LogP contribution in [0.4, 0.5) is 0 Å². The van der Waals surface area contributed by atoms with Crippen molar-refractivity contribution in [1.29, 1.82) is 0 Å². The molecule has 0 aromatic heterocycles. The molecule has 4 saturated carbocycles. The Hall–Kier alpha value is -6.96. The lowest BCUT2D eigenvalue weighted by Crippen LogP contribution is -2.66. The van der Waals surface area contributed by atoms with Crippen LogP contribution < -0.4 is 0 Å². The molecule has 2 heterocycles. The van der Waals surface area contributed by atoms with Gasteiger partial charge in [-0.3, -0.25) is 24.0 Å². The van der Waals surface area contributed by atoms with Crippen molar-refractivity contribution in [3.05, 3.63) is 119 Å². The van der Waals surface area contributed by atoms with Crippen molar-refractivity contribution in [2.45, 2.75) is 202 Å². The van der Waals surface area contributed by atoms with Gasteiger partial charge in [-0.1, -0.05) is 115 Å². The molecule has 89 heavy (non-hydrogen) atoms. The van der Waals surface area contributed by atoms with Crippen LogP contribution in [0.25, 0.3) is 0 Å². The van der Waals surface area contributed by atoms with E-state index in [-0.39, 0.29) is 62.7 Å². The van der Waals surface area contributed by atoms with E-state index in [0.717, 1.165) is 52.9 Å². The second kappa shape index (κ2) is 25.4. The minimum absolute atomic E-state index is 0.137. The third-order valence-corrected chi connectivity index (χ3v) is 21.6. The molecule has 0 bridgehead atoms. The average Bonchev–Trinajstić information content (AvgIpc) is 0.683. The van der Waals surface area contributed by atoms with Crippen LogP contribution in [-0.2, 0) is 76.1 Å². The molecule has 0 N–H and O–H groups in total. The number of ether oxygens (including phenoxy) is 11. The summed E-state index contributed by atoms with van der Waals surface area (Å²) in [6, 6.07) is 25.3. The van der Waals surface area contributed by atoms with Crippen molar-refractivity contribution in [2.75, 3.05) is 13.2 Å². The van der Waals surface area contributed by atoms with E-state index in [2.05, 4.69) is 54.5 Å².